The largest absolute Gasteiger partial charge is 0.394 e. The third-order valence-corrected chi connectivity index (χ3v) is 20.1. The van der Waals surface area contributed by atoms with Crippen molar-refractivity contribution in [3.05, 3.63) is 134 Å². The molecule has 0 aromatic rings. The van der Waals surface area contributed by atoms with Crippen molar-refractivity contribution < 1.29 is 64.6 Å². The van der Waals surface area contributed by atoms with Crippen molar-refractivity contribution in [2.75, 3.05) is 19.8 Å². The lowest BCUT2D eigenvalue weighted by Gasteiger charge is -2.46. The van der Waals surface area contributed by atoms with Gasteiger partial charge in [0.2, 0.25) is 5.91 Å². The van der Waals surface area contributed by atoms with Crippen LogP contribution in [0.25, 0.3) is 0 Å². The van der Waals surface area contributed by atoms with Gasteiger partial charge in [-0.1, -0.05) is 372 Å². The van der Waals surface area contributed by atoms with Crippen molar-refractivity contribution in [2.45, 2.75) is 415 Å². The first kappa shape index (κ1) is 97.2. The first-order valence-corrected chi connectivity index (χ1v) is 42.9. The summed E-state index contributed by atoms with van der Waals surface area (Å²) < 4.78 is 23.0. The molecular weight excluding hydrogens is 1310 g/mol. The van der Waals surface area contributed by atoms with Crippen molar-refractivity contribution in [3.63, 3.8) is 0 Å². The molecule has 12 atom stereocenters. The third kappa shape index (κ3) is 55.2. The zero-order valence-corrected chi connectivity index (χ0v) is 66.4. The summed E-state index contributed by atoms with van der Waals surface area (Å²) in [5.41, 5.74) is 0. The summed E-state index contributed by atoms with van der Waals surface area (Å²) in [5.74, 6) is -0.226. The van der Waals surface area contributed by atoms with Crippen LogP contribution >= 0.6 is 0 Å². The average molecular weight is 1470 g/mol. The number of amides is 1. The van der Waals surface area contributed by atoms with Crippen molar-refractivity contribution in [1.29, 1.82) is 0 Å². The SMILES string of the molecule is CC/C=C\C/C=C\C/C=C\C/C=C\C/C=C\C/C=C\C/C=C\C/C=C\C/C=C\C/C=C\C/C=C\CCCCCCCC(=O)NC(COC1OC(CO)C(OC2OC(CO)C(O)C(O)C2O)C(O)C1O)C(O)CCCCCCCCCCCCCCCCCCCCCCCCCCCCCCCCCC. The van der Waals surface area contributed by atoms with E-state index in [4.69, 9.17) is 18.9 Å². The lowest BCUT2D eigenvalue weighted by molar-refractivity contribution is -0.359. The van der Waals surface area contributed by atoms with E-state index in [0.29, 0.717) is 12.8 Å². The molecule has 12 unspecified atom stereocenters. The number of carbonyl (C=O) groups excluding carboxylic acids is 1. The minimum atomic E-state index is -1.79. The number of hydrogen-bond acceptors (Lipinski definition) is 13. The van der Waals surface area contributed by atoms with E-state index in [1.54, 1.807) is 0 Å². The van der Waals surface area contributed by atoms with Crippen molar-refractivity contribution in [2.24, 2.45) is 0 Å². The van der Waals surface area contributed by atoms with Gasteiger partial charge >= 0.3 is 0 Å². The zero-order valence-electron chi connectivity index (χ0n) is 66.4. The van der Waals surface area contributed by atoms with Crippen molar-refractivity contribution in [1.82, 2.24) is 5.32 Å². The van der Waals surface area contributed by atoms with E-state index in [1.807, 2.05) is 0 Å². The van der Waals surface area contributed by atoms with Crippen LogP contribution in [0.1, 0.15) is 341 Å². The summed E-state index contributed by atoms with van der Waals surface area (Å²) in [7, 11) is 0. The van der Waals surface area contributed by atoms with Crippen LogP contribution in [0.5, 0.6) is 0 Å². The molecule has 14 heteroatoms. The van der Waals surface area contributed by atoms with Crippen LogP contribution in [0, 0.1) is 0 Å². The van der Waals surface area contributed by atoms with Crippen LogP contribution < -0.4 is 5.32 Å². The molecule has 2 rings (SSSR count). The van der Waals surface area contributed by atoms with Gasteiger partial charge in [0, 0.05) is 6.42 Å². The fourth-order valence-corrected chi connectivity index (χ4v) is 13.4. The molecule has 0 radical (unpaired) electrons. The van der Waals surface area contributed by atoms with E-state index in [2.05, 4.69) is 153 Å². The Bertz CT molecular complexity index is 2290. The van der Waals surface area contributed by atoms with Crippen LogP contribution in [0.2, 0.25) is 0 Å². The van der Waals surface area contributed by atoms with E-state index in [-0.39, 0.29) is 18.9 Å². The van der Waals surface area contributed by atoms with E-state index >= 15 is 0 Å². The molecular formula is C91H157NO13. The number of allylic oxidation sites excluding steroid dienone is 22. The summed E-state index contributed by atoms with van der Waals surface area (Å²) in [4.78, 5) is 13.4. The quantitative estimate of drug-likeness (QED) is 0.0204. The number of ether oxygens (including phenoxy) is 4. The Morgan fingerprint density at radius 1 is 0.352 bits per heavy atom. The Kier molecular flexibility index (Phi) is 67.5. The Balaban J connectivity index is 1.62. The minimum absolute atomic E-state index is 0.226. The molecule has 2 fully saturated rings. The van der Waals surface area contributed by atoms with Gasteiger partial charge in [0.05, 0.1) is 32.0 Å². The van der Waals surface area contributed by atoms with E-state index < -0.39 is 86.8 Å². The molecule has 0 aliphatic carbocycles. The maximum Gasteiger partial charge on any atom is 0.220 e. The van der Waals surface area contributed by atoms with Gasteiger partial charge in [-0.05, 0) is 96.3 Å². The molecule has 1 amide bonds. The molecule has 2 aliphatic heterocycles. The maximum atomic E-state index is 13.4. The number of carbonyl (C=O) groups is 1. The average Bonchev–Trinajstić information content (AvgIpc) is 0.789. The molecule has 2 heterocycles. The van der Waals surface area contributed by atoms with E-state index in [0.717, 1.165) is 128 Å². The number of aliphatic hydroxyl groups excluding tert-OH is 8. The van der Waals surface area contributed by atoms with Crippen molar-refractivity contribution >= 4 is 5.91 Å². The van der Waals surface area contributed by atoms with Gasteiger partial charge in [-0.25, -0.2) is 0 Å². The normalized spacial score (nSPS) is 22.1. The van der Waals surface area contributed by atoms with Crippen LogP contribution in [0.3, 0.4) is 0 Å². The van der Waals surface area contributed by atoms with Crippen molar-refractivity contribution in [3.8, 4) is 0 Å². The van der Waals surface area contributed by atoms with Gasteiger partial charge < -0.3 is 65.1 Å². The number of hydrogen-bond donors (Lipinski definition) is 9. The molecule has 2 saturated heterocycles. The number of unbranched alkanes of at least 4 members (excludes halogenated alkanes) is 36. The van der Waals surface area contributed by atoms with Crippen LogP contribution in [-0.2, 0) is 23.7 Å². The Hall–Kier alpha value is -3.87. The minimum Gasteiger partial charge on any atom is -0.394 e. The van der Waals surface area contributed by atoms with Crippen LogP contribution in [0.4, 0.5) is 0 Å². The number of rotatable bonds is 71. The fraction of sp³-hybridized carbons (Fsp3) is 0.747. The molecule has 0 bridgehead atoms. The first-order chi connectivity index (χ1) is 51.6. The van der Waals surface area contributed by atoms with Gasteiger partial charge in [-0.2, -0.15) is 0 Å². The second-order valence-electron chi connectivity index (χ2n) is 29.6. The standard InChI is InChI=1S/C91H157NO13/c1-3-5-7-9-11-13-15-17-19-21-23-25-27-29-31-33-35-37-38-39-40-41-42-43-45-47-49-51-53-55-57-59-61-63-65-67-69-71-73-75-83(96)92-79(78-102-90-88(101)86(99)89(82(77-94)104-90)105-91-87(100)85(98)84(97)81(76-93)103-91)80(95)74-72-70-68-66-64-62-60-58-56-54-52-50-48-46-44-36-34-32-30-28-26-24-22-20-18-16-14-12-10-8-6-4-2/h5,7,11,13,17,19,23,25,29,31,35,37,39-40,42-43,47,49,53,55,59,61,79-82,84-91,93-95,97-101H,3-4,6,8-10,12,14-16,18,20-22,24,26-28,30,32-34,36,38,41,44-46,48,50-52,54,56-58,60,62-78H2,1-2H3,(H,92,96)/b7-5-,13-11-,19-17-,25-23-,31-29-,37-35-,40-39-,43-42-,49-47-,55-53-,61-59-. The molecule has 2 aliphatic rings. The molecule has 0 saturated carbocycles. The highest BCUT2D eigenvalue weighted by molar-refractivity contribution is 5.76. The molecule has 9 N–H and O–H groups in total. The summed E-state index contributed by atoms with van der Waals surface area (Å²) in [6.45, 7) is 2.77. The smallest absolute Gasteiger partial charge is 0.220 e. The predicted molar refractivity (Wildman–Crippen MR) is 438 cm³/mol. The number of nitrogens with one attached hydrogen (secondary N) is 1. The Labute approximate surface area is 641 Å². The van der Waals surface area contributed by atoms with Gasteiger partial charge in [0.25, 0.3) is 0 Å². The Morgan fingerprint density at radius 2 is 0.657 bits per heavy atom. The van der Waals surface area contributed by atoms with Gasteiger partial charge in [-0.15, -0.1) is 0 Å². The molecule has 14 nitrogen and oxygen atoms in total. The van der Waals surface area contributed by atoms with E-state index in [9.17, 15) is 45.6 Å². The van der Waals surface area contributed by atoms with Gasteiger partial charge in [-0.3, -0.25) is 4.79 Å². The zero-order chi connectivity index (χ0) is 75.8. The highest BCUT2D eigenvalue weighted by atomic mass is 16.7. The third-order valence-electron chi connectivity index (χ3n) is 20.1. The molecule has 0 aromatic heterocycles. The predicted octanol–water partition coefficient (Wildman–Crippen LogP) is 20.5. The second kappa shape index (κ2) is 73.0. The summed E-state index contributed by atoms with van der Waals surface area (Å²) >= 11 is 0. The maximum absolute atomic E-state index is 13.4. The summed E-state index contributed by atoms with van der Waals surface area (Å²) in [6, 6.07) is -0.852. The number of aliphatic hydroxyl groups is 8. The highest BCUT2D eigenvalue weighted by Crippen LogP contribution is 2.30. The lowest BCUT2D eigenvalue weighted by atomic mass is 9.97. The molecule has 604 valence electrons. The topological polar surface area (TPSA) is 228 Å². The Morgan fingerprint density at radius 3 is 1.01 bits per heavy atom. The lowest BCUT2D eigenvalue weighted by Crippen LogP contribution is -2.65. The van der Waals surface area contributed by atoms with Gasteiger partial charge in [0.1, 0.15) is 48.8 Å². The fourth-order valence-electron chi connectivity index (χ4n) is 13.4. The van der Waals surface area contributed by atoms with E-state index in [1.165, 1.54) is 180 Å². The monoisotopic (exact) mass is 1470 g/mol. The van der Waals surface area contributed by atoms with Crippen LogP contribution in [-0.4, -0.2) is 140 Å². The van der Waals surface area contributed by atoms with Gasteiger partial charge in [0.15, 0.2) is 12.6 Å². The summed E-state index contributed by atoms with van der Waals surface area (Å²) in [5, 5.41) is 88.0. The second-order valence-corrected chi connectivity index (χ2v) is 29.6. The van der Waals surface area contributed by atoms with Crippen LogP contribution in [0.15, 0.2) is 134 Å². The molecule has 0 spiro atoms. The molecule has 105 heavy (non-hydrogen) atoms. The highest BCUT2D eigenvalue weighted by Gasteiger charge is 2.51. The molecule has 0 aromatic carbocycles. The first-order valence-electron chi connectivity index (χ1n) is 42.9. The summed E-state index contributed by atoms with van der Waals surface area (Å²) in [6.07, 6.45) is 92.1.